The monoisotopic (exact) mass is 293 g/mol. The van der Waals surface area contributed by atoms with E-state index in [4.69, 9.17) is 23.2 Å². The molecular formula is C16H17Cl2N. The molecule has 0 bridgehead atoms. The first kappa shape index (κ1) is 14.2. The van der Waals surface area contributed by atoms with E-state index >= 15 is 0 Å². The molecule has 0 saturated heterocycles. The number of benzene rings is 2. The van der Waals surface area contributed by atoms with Gasteiger partial charge in [0, 0.05) is 11.6 Å². The number of hydrogen-bond donors (Lipinski definition) is 1. The lowest BCUT2D eigenvalue weighted by Crippen LogP contribution is -2.02. The van der Waals surface area contributed by atoms with Gasteiger partial charge in [0.15, 0.2) is 0 Å². The second-order valence-corrected chi connectivity index (χ2v) is 5.68. The van der Waals surface area contributed by atoms with E-state index in [2.05, 4.69) is 37.4 Å². The Morgan fingerprint density at radius 2 is 1.63 bits per heavy atom. The quantitative estimate of drug-likeness (QED) is 0.784. The van der Waals surface area contributed by atoms with Gasteiger partial charge in [-0.3, -0.25) is 0 Å². The van der Waals surface area contributed by atoms with Crippen molar-refractivity contribution >= 4 is 28.9 Å². The number of nitrogens with one attached hydrogen (secondary N) is 1. The van der Waals surface area contributed by atoms with Crippen LogP contribution < -0.4 is 5.32 Å². The van der Waals surface area contributed by atoms with E-state index in [0.717, 1.165) is 22.8 Å². The van der Waals surface area contributed by atoms with Crippen molar-refractivity contribution in [2.45, 2.75) is 27.3 Å². The van der Waals surface area contributed by atoms with Gasteiger partial charge in [-0.2, -0.15) is 0 Å². The van der Waals surface area contributed by atoms with Crippen molar-refractivity contribution in [1.82, 2.24) is 0 Å². The first-order valence-electron chi connectivity index (χ1n) is 6.23. The fourth-order valence-electron chi connectivity index (χ4n) is 2.02. The Labute approximate surface area is 124 Å². The lowest BCUT2D eigenvalue weighted by atomic mass is 10.1. The van der Waals surface area contributed by atoms with Gasteiger partial charge in [-0.15, -0.1) is 0 Å². The Bertz CT molecular complexity index is 606. The van der Waals surface area contributed by atoms with Gasteiger partial charge in [-0.1, -0.05) is 47.0 Å². The minimum Gasteiger partial charge on any atom is -0.380 e. The summed E-state index contributed by atoms with van der Waals surface area (Å²) in [5, 5.41) is 4.77. The molecule has 3 heteroatoms. The molecule has 0 unspecified atom stereocenters. The van der Waals surface area contributed by atoms with Crippen LogP contribution in [-0.2, 0) is 6.54 Å². The lowest BCUT2D eigenvalue weighted by molar-refractivity contribution is 1.11. The third-order valence-electron chi connectivity index (χ3n) is 3.22. The highest BCUT2D eigenvalue weighted by atomic mass is 35.5. The normalized spacial score (nSPS) is 10.6. The van der Waals surface area contributed by atoms with Crippen molar-refractivity contribution in [3.05, 3.63) is 62.6 Å². The third kappa shape index (κ3) is 3.43. The second-order valence-electron chi connectivity index (χ2n) is 4.86. The lowest BCUT2D eigenvalue weighted by Gasteiger charge is -2.12. The van der Waals surface area contributed by atoms with E-state index in [1.807, 2.05) is 19.1 Å². The van der Waals surface area contributed by atoms with Crippen LogP contribution in [0.15, 0.2) is 30.3 Å². The Balaban J connectivity index is 2.16. The molecule has 0 radical (unpaired) electrons. The van der Waals surface area contributed by atoms with Crippen LogP contribution in [0.25, 0.3) is 0 Å². The average molecular weight is 294 g/mol. The van der Waals surface area contributed by atoms with Crippen molar-refractivity contribution in [2.24, 2.45) is 0 Å². The Morgan fingerprint density at radius 3 is 2.32 bits per heavy atom. The van der Waals surface area contributed by atoms with Crippen LogP contribution in [0, 0.1) is 20.8 Å². The highest BCUT2D eigenvalue weighted by Gasteiger charge is 2.05. The summed E-state index contributed by atoms with van der Waals surface area (Å²) in [6.45, 7) is 6.90. The van der Waals surface area contributed by atoms with E-state index in [1.165, 1.54) is 16.7 Å². The number of aryl methyl sites for hydroxylation is 3. The molecule has 2 aromatic carbocycles. The summed E-state index contributed by atoms with van der Waals surface area (Å²) in [7, 11) is 0. The first-order valence-corrected chi connectivity index (χ1v) is 6.98. The molecule has 0 aliphatic carbocycles. The maximum Gasteiger partial charge on any atom is 0.0641 e. The van der Waals surface area contributed by atoms with Crippen LogP contribution in [0.1, 0.15) is 22.3 Å². The summed E-state index contributed by atoms with van der Waals surface area (Å²) in [4.78, 5) is 0. The van der Waals surface area contributed by atoms with Crippen LogP contribution in [0.2, 0.25) is 10.0 Å². The van der Waals surface area contributed by atoms with Gasteiger partial charge in [0.25, 0.3) is 0 Å². The number of hydrogen-bond acceptors (Lipinski definition) is 1. The second kappa shape index (κ2) is 5.85. The van der Waals surface area contributed by atoms with Gasteiger partial charge in [0.05, 0.1) is 10.7 Å². The van der Waals surface area contributed by atoms with Gasteiger partial charge in [0.1, 0.15) is 0 Å². The van der Waals surface area contributed by atoms with Gasteiger partial charge in [-0.05, 0) is 49.6 Å². The van der Waals surface area contributed by atoms with E-state index < -0.39 is 0 Å². The zero-order chi connectivity index (χ0) is 14.0. The molecule has 2 aromatic rings. The number of anilines is 1. The SMILES string of the molecule is Cc1ccc(CNc2cc(Cl)c(C)cc2Cl)c(C)c1. The minimum atomic E-state index is 0.701. The predicted octanol–water partition coefficient (Wildman–Crippen LogP) is 5.53. The molecular weight excluding hydrogens is 277 g/mol. The van der Waals surface area contributed by atoms with E-state index in [1.54, 1.807) is 0 Å². The van der Waals surface area contributed by atoms with Crippen LogP contribution in [0.4, 0.5) is 5.69 Å². The largest absolute Gasteiger partial charge is 0.380 e. The third-order valence-corrected chi connectivity index (χ3v) is 3.94. The van der Waals surface area contributed by atoms with Crippen molar-refractivity contribution in [1.29, 1.82) is 0 Å². The minimum absolute atomic E-state index is 0.701. The molecule has 0 aromatic heterocycles. The maximum absolute atomic E-state index is 6.21. The summed E-state index contributed by atoms with van der Waals surface area (Å²) in [5.41, 5.74) is 5.68. The molecule has 0 saturated carbocycles. The molecule has 0 heterocycles. The van der Waals surface area contributed by atoms with Crippen molar-refractivity contribution in [3.63, 3.8) is 0 Å². The summed E-state index contributed by atoms with van der Waals surface area (Å²) >= 11 is 12.3. The standard InChI is InChI=1S/C16H17Cl2N/c1-10-4-5-13(11(2)6-10)9-19-16-8-14(17)12(3)7-15(16)18/h4-8,19H,9H2,1-3H3. The molecule has 100 valence electrons. The average Bonchev–Trinajstić information content (AvgIpc) is 2.34. The maximum atomic E-state index is 6.21. The van der Waals surface area contributed by atoms with Crippen LogP contribution in [-0.4, -0.2) is 0 Å². The van der Waals surface area contributed by atoms with Crippen LogP contribution >= 0.6 is 23.2 Å². The van der Waals surface area contributed by atoms with Gasteiger partial charge >= 0.3 is 0 Å². The smallest absolute Gasteiger partial charge is 0.0641 e. The summed E-state index contributed by atoms with van der Waals surface area (Å²) < 4.78 is 0. The fourth-order valence-corrected chi connectivity index (χ4v) is 2.47. The molecule has 0 aliphatic heterocycles. The summed E-state index contributed by atoms with van der Waals surface area (Å²) in [6, 6.07) is 10.2. The predicted molar refractivity (Wildman–Crippen MR) is 84.4 cm³/mol. The summed E-state index contributed by atoms with van der Waals surface area (Å²) in [6.07, 6.45) is 0. The molecule has 0 atom stereocenters. The van der Waals surface area contributed by atoms with Crippen molar-refractivity contribution in [3.8, 4) is 0 Å². The molecule has 19 heavy (non-hydrogen) atoms. The number of rotatable bonds is 3. The summed E-state index contributed by atoms with van der Waals surface area (Å²) in [5.74, 6) is 0. The Morgan fingerprint density at radius 1 is 0.895 bits per heavy atom. The topological polar surface area (TPSA) is 12.0 Å². The molecule has 0 amide bonds. The highest BCUT2D eigenvalue weighted by Crippen LogP contribution is 2.29. The van der Waals surface area contributed by atoms with Crippen molar-refractivity contribution in [2.75, 3.05) is 5.32 Å². The fraction of sp³-hybridized carbons (Fsp3) is 0.250. The first-order chi connectivity index (χ1) is 8.97. The molecule has 0 fully saturated rings. The van der Waals surface area contributed by atoms with E-state index in [-0.39, 0.29) is 0 Å². The molecule has 0 spiro atoms. The molecule has 1 nitrogen and oxygen atoms in total. The zero-order valence-corrected chi connectivity index (χ0v) is 12.9. The highest BCUT2D eigenvalue weighted by molar-refractivity contribution is 6.35. The Kier molecular flexibility index (Phi) is 4.38. The van der Waals surface area contributed by atoms with Crippen molar-refractivity contribution < 1.29 is 0 Å². The van der Waals surface area contributed by atoms with Crippen LogP contribution in [0.5, 0.6) is 0 Å². The number of halogens is 2. The van der Waals surface area contributed by atoms with Crippen LogP contribution in [0.3, 0.4) is 0 Å². The van der Waals surface area contributed by atoms with E-state index in [9.17, 15) is 0 Å². The molecule has 2 rings (SSSR count). The van der Waals surface area contributed by atoms with E-state index in [0.29, 0.717) is 5.02 Å². The Hall–Kier alpha value is -1.18. The van der Waals surface area contributed by atoms with Gasteiger partial charge < -0.3 is 5.32 Å². The molecule has 0 aliphatic rings. The van der Waals surface area contributed by atoms with Gasteiger partial charge in [0.2, 0.25) is 0 Å². The zero-order valence-electron chi connectivity index (χ0n) is 11.3. The van der Waals surface area contributed by atoms with Gasteiger partial charge in [-0.25, -0.2) is 0 Å². The molecule has 1 N–H and O–H groups in total.